The number of nitrogens with two attached hydrogens (primary N) is 2. The number of aliphatic imine (C=N–C) groups is 1. The molecule has 300 valence electrons. The number of aryl methyl sites for hydroxylation is 1. The number of pyridine rings is 1. The molecule has 0 bridgehead atoms. The Morgan fingerprint density at radius 1 is 1.13 bits per heavy atom. The van der Waals surface area contributed by atoms with Crippen molar-refractivity contribution in [2.45, 2.75) is 137 Å². The number of ether oxygens (including phenoxy) is 1. The van der Waals surface area contributed by atoms with E-state index in [0.29, 0.717) is 11.7 Å². The number of piperazine rings is 1. The zero-order valence-corrected chi connectivity index (χ0v) is 35.8. The number of carbonyl (C=O) groups is 1. The molecule has 2 atom stereocenters. The first-order chi connectivity index (χ1) is 25.7. The average Bonchev–Trinajstić information content (AvgIpc) is 3.15. The van der Waals surface area contributed by atoms with Crippen LogP contribution in [0.5, 0.6) is 0 Å². The molecule has 0 spiro atoms. The zero-order chi connectivity index (χ0) is 40.3. The first-order valence-electron chi connectivity index (χ1n) is 20.1. The van der Waals surface area contributed by atoms with Crippen LogP contribution in [0.2, 0.25) is 0 Å². The van der Waals surface area contributed by atoms with Crippen LogP contribution in [0.15, 0.2) is 46.6 Å². The monoisotopic (exact) mass is 762 g/mol. The van der Waals surface area contributed by atoms with Crippen molar-refractivity contribution in [3.63, 3.8) is 0 Å². The second-order valence-corrected chi connectivity index (χ2v) is 16.0. The Hall–Kier alpha value is -3.52. The number of terminal acetylenes is 1. The van der Waals surface area contributed by atoms with E-state index in [0.717, 1.165) is 105 Å². The second-order valence-electron chi connectivity index (χ2n) is 15.2. The van der Waals surface area contributed by atoms with Crippen molar-refractivity contribution >= 4 is 52.8 Å². The van der Waals surface area contributed by atoms with Crippen LogP contribution in [0.4, 0.5) is 17.2 Å². The molecule has 2 aromatic rings. The van der Waals surface area contributed by atoms with Gasteiger partial charge in [0.2, 0.25) is 6.41 Å². The van der Waals surface area contributed by atoms with E-state index in [9.17, 15) is 0 Å². The molecular weight excluding hydrogens is 691 g/mol. The van der Waals surface area contributed by atoms with Crippen molar-refractivity contribution in [1.82, 2.24) is 15.2 Å². The molecule has 1 aromatic heterocycles. The molecule has 0 radical (unpaired) electrons. The maximum absolute atomic E-state index is 8.58. The van der Waals surface area contributed by atoms with Gasteiger partial charge < -0.3 is 26.4 Å². The number of unbranched alkanes of at least 4 members (excludes halogenated alkanes) is 4. The first-order valence-corrected chi connectivity index (χ1v) is 20.6. The van der Waals surface area contributed by atoms with E-state index in [4.69, 9.17) is 39.3 Å². The van der Waals surface area contributed by atoms with Crippen molar-refractivity contribution in [2.75, 3.05) is 43.4 Å². The van der Waals surface area contributed by atoms with Gasteiger partial charge in [-0.15, -0.1) is 19.1 Å². The zero-order valence-electron chi connectivity index (χ0n) is 34.9. The summed E-state index contributed by atoms with van der Waals surface area (Å²) in [6.07, 6.45) is 21.6. The normalized spacial score (nSPS) is 16.8. The van der Waals surface area contributed by atoms with Gasteiger partial charge in [-0.25, -0.2) is 4.98 Å². The quantitative estimate of drug-likeness (QED) is 0.0336. The highest BCUT2D eigenvalue weighted by Crippen LogP contribution is 2.36. The number of anilines is 2. The minimum atomic E-state index is -0.608. The molecule has 2 heterocycles. The lowest BCUT2D eigenvalue weighted by Crippen LogP contribution is -2.57. The lowest BCUT2D eigenvalue weighted by molar-refractivity contribution is -0.173. The third-order valence-electron chi connectivity index (χ3n) is 10.6. The van der Waals surface area contributed by atoms with Crippen LogP contribution in [0, 0.1) is 25.2 Å². The number of nitrogen functional groups attached to an aromatic ring is 1. The maximum atomic E-state index is 8.58. The van der Waals surface area contributed by atoms with Gasteiger partial charge in [-0.3, -0.25) is 14.7 Å². The van der Waals surface area contributed by atoms with Gasteiger partial charge in [-0.05, 0) is 102 Å². The van der Waals surface area contributed by atoms with Crippen molar-refractivity contribution in [1.29, 1.82) is 0 Å². The number of primary amides is 1. The van der Waals surface area contributed by atoms with Gasteiger partial charge >= 0.3 is 0 Å². The molecule has 1 aliphatic carbocycles. The van der Waals surface area contributed by atoms with Gasteiger partial charge in [0.25, 0.3) is 0 Å². The number of allylic oxidation sites excluding steroid dienone is 3. The smallest absolute Gasteiger partial charge is 0.204 e. The van der Waals surface area contributed by atoms with Crippen LogP contribution in [-0.2, 0) is 9.53 Å². The molecule has 1 saturated heterocycles. The fourth-order valence-electron chi connectivity index (χ4n) is 6.70. The lowest BCUT2D eigenvalue weighted by Gasteiger charge is -2.47. The molecule has 1 aliphatic heterocycles. The molecule has 4 rings (SSSR count). The molecule has 1 amide bonds. The van der Waals surface area contributed by atoms with Crippen LogP contribution in [-0.4, -0.2) is 65.4 Å². The number of fused-ring (bicyclic) bond motifs is 1. The van der Waals surface area contributed by atoms with Crippen LogP contribution in [0.1, 0.15) is 125 Å². The predicted molar refractivity (Wildman–Crippen MR) is 236 cm³/mol. The fourth-order valence-corrected chi connectivity index (χ4v) is 7.13. The number of rotatable bonds is 16. The van der Waals surface area contributed by atoms with Gasteiger partial charge in [0, 0.05) is 60.8 Å². The van der Waals surface area contributed by atoms with Crippen LogP contribution in [0.3, 0.4) is 0 Å². The molecule has 0 saturated carbocycles. The molecule has 2 aliphatic rings. The molecular formula is C44H71N7O2S. The summed E-state index contributed by atoms with van der Waals surface area (Å²) in [6.45, 7) is 24.2. The van der Waals surface area contributed by atoms with Crippen LogP contribution >= 0.6 is 12.6 Å². The maximum Gasteiger partial charge on any atom is 0.204 e. The number of hydrogen-bond donors (Lipinski definition) is 4. The van der Waals surface area contributed by atoms with E-state index in [2.05, 4.69) is 124 Å². The third-order valence-corrected chi connectivity index (χ3v) is 10.9. The molecule has 10 heteroatoms. The largest absolute Gasteiger partial charge is 0.385 e. The minimum absolute atomic E-state index is 0.234. The average molecular weight is 762 g/mol. The molecule has 1 fully saturated rings. The predicted octanol–water partition coefficient (Wildman–Crippen LogP) is 9.47. The van der Waals surface area contributed by atoms with E-state index < -0.39 is 5.06 Å². The summed E-state index contributed by atoms with van der Waals surface area (Å²) in [4.78, 5) is 22.9. The number of nitrogens with one attached hydrogen (secondary N) is 1. The van der Waals surface area contributed by atoms with Gasteiger partial charge in [0.1, 0.15) is 11.5 Å². The van der Waals surface area contributed by atoms with Crippen molar-refractivity contribution < 1.29 is 9.53 Å². The van der Waals surface area contributed by atoms with E-state index in [1.54, 1.807) is 0 Å². The van der Waals surface area contributed by atoms with Gasteiger partial charge in [-0.2, -0.15) is 0 Å². The Balaban J connectivity index is 0.000000465. The molecule has 1 aromatic carbocycles. The van der Waals surface area contributed by atoms with Crippen LogP contribution in [0.25, 0.3) is 10.9 Å². The summed E-state index contributed by atoms with van der Waals surface area (Å²) in [6, 6.07) is 6.48. The highest BCUT2D eigenvalue weighted by Gasteiger charge is 2.39. The summed E-state index contributed by atoms with van der Waals surface area (Å²) in [5.41, 5.74) is 17.7. The highest BCUT2D eigenvalue weighted by atomic mass is 32.1. The summed E-state index contributed by atoms with van der Waals surface area (Å²) in [7, 11) is 0. The molecule has 54 heavy (non-hydrogen) atoms. The summed E-state index contributed by atoms with van der Waals surface area (Å²) in [5, 5.41) is 3.94. The number of aromatic nitrogens is 1. The Morgan fingerprint density at radius 3 is 2.41 bits per heavy atom. The number of carbonyl (C=O) groups excluding carboxylic acids is 1. The Labute approximate surface area is 333 Å². The fraction of sp³-hybridized carbons (Fsp3) is 0.614. The number of nitrogens with zero attached hydrogens (tertiary/aromatic N) is 4. The topological polar surface area (TPSA) is 122 Å². The van der Waals surface area contributed by atoms with Crippen molar-refractivity contribution in [3.8, 4) is 12.3 Å². The molecule has 1 unspecified atom stereocenters. The van der Waals surface area contributed by atoms with E-state index >= 15 is 0 Å². The highest BCUT2D eigenvalue weighted by molar-refractivity contribution is 7.81. The third kappa shape index (κ3) is 14.6. The second kappa shape index (κ2) is 23.4. The minimum Gasteiger partial charge on any atom is -0.385 e. The standard InChI is InChI=1S/C29H47N5OS.C14H21N.CH3NO/c1-9-11-12-21(4)31-26-22(5)24-19-23(13-14-25(24)32-27(26)30)33-15-17-34(18-16-33)29(8,36)35-28(6,7)20(3)10-2;1-3-5-6-7-11-15-14-10-8-9-13(4-2)12-14;2-1-3/h13-14,19-20,36H,9-12,15-18H2,1-8H3,(H2,30,32);2,10,12,15H,3,5-9,11H2,1H3;1H,(H2,2,3)/t20-,29?;;/m0../s1. The van der Waals surface area contributed by atoms with Crippen LogP contribution < -0.4 is 21.7 Å². The number of benzene rings is 1. The summed E-state index contributed by atoms with van der Waals surface area (Å²) in [5.74, 6) is 3.69. The Kier molecular flexibility index (Phi) is 20.2. The molecule has 5 N–H and O–H groups in total. The van der Waals surface area contributed by atoms with Gasteiger partial charge in [0.05, 0.1) is 11.1 Å². The SMILES string of the molecule is C#CC1=CC(NCCCCCC)=CCC1.CCCCC(C)=Nc1c(N)nc2ccc(N3CCN(C(C)(S)OC(C)(C)[C@@H](C)CC)CC3)cc2c1C.NC=O. The number of thiol groups is 1. The molecule has 9 nitrogen and oxygen atoms in total. The van der Waals surface area contributed by atoms with E-state index in [1.165, 1.54) is 37.1 Å². The van der Waals surface area contributed by atoms with E-state index in [1.807, 2.05) is 0 Å². The van der Waals surface area contributed by atoms with Gasteiger partial charge in [0.15, 0.2) is 5.06 Å². The number of amides is 1. The summed E-state index contributed by atoms with van der Waals surface area (Å²) < 4.78 is 6.55. The van der Waals surface area contributed by atoms with Crippen molar-refractivity contribution in [2.24, 2.45) is 16.6 Å². The lowest BCUT2D eigenvalue weighted by atomic mass is 9.90. The Morgan fingerprint density at radius 2 is 1.80 bits per heavy atom. The van der Waals surface area contributed by atoms with Crippen molar-refractivity contribution in [3.05, 3.63) is 47.2 Å². The Bertz CT molecular complexity index is 1600. The summed E-state index contributed by atoms with van der Waals surface area (Å²) >= 11 is 4.96. The number of hydrogen-bond acceptors (Lipinski definition) is 9. The van der Waals surface area contributed by atoms with E-state index in [-0.39, 0.29) is 12.0 Å². The van der Waals surface area contributed by atoms with Gasteiger partial charge in [-0.1, -0.05) is 71.8 Å². The first kappa shape index (κ1) is 46.6.